The molecule has 26 heavy (non-hydrogen) atoms. The Balaban J connectivity index is 1.80. The quantitative estimate of drug-likeness (QED) is 0.462. The lowest BCUT2D eigenvalue weighted by Crippen LogP contribution is -2.30. The summed E-state index contributed by atoms with van der Waals surface area (Å²) in [5.41, 5.74) is 0.576. The summed E-state index contributed by atoms with van der Waals surface area (Å²) in [6.45, 7) is 1.56. The Morgan fingerprint density at radius 3 is 2.50 bits per heavy atom. The fraction of sp³-hybridized carbons (Fsp3) is 0.579. The lowest BCUT2D eigenvalue weighted by molar-refractivity contribution is -0.384. The van der Waals surface area contributed by atoms with Gasteiger partial charge in [-0.1, -0.05) is 12.8 Å². The Kier molecular flexibility index (Phi) is 5.85. The lowest BCUT2D eigenvalue weighted by atomic mass is 9.96. The number of ether oxygens (including phenoxy) is 1. The van der Waals surface area contributed by atoms with Crippen LogP contribution < -0.4 is 4.90 Å². The molecular formula is C19H24N2O5. The molecule has 1 saturated carbocycles. The van der Waals surface area contributed by atoms with Crippen molar-refractivity contribution in [1.29, 1.82) is 0 Å². The van der Waals surface area contributed by atoms with Gasteiger partial charge in [0.25, 0.3) is 5.69 Å². The molecule has 2 aliphatic rings. The standard InChI is InChI=1S/C19H24N2O5/c22-17-7-3-4-8-18(17)26-19(23)14-9-10-15(16(13-14)21(24)25)20-11-5-1-2-6-12-20/h9-10,13,18H,1-8,11-12H2. The van der Waals surface area contributed by atoms with Crippen molar-refractivity contribution >= 4 is 23.1 Å². The molecule has 2 fully saturated rings. The number of ketones is 1. The van der Waals surface area contributed by atoms with Gasteiger partial charge in [-0.05, 0) is 44.2 Å². The van der Waals surface area contributed by atoms with Gasteiger partial charge in [0.05, 0.1) is 10.5 Å². The van der Waals surface area contributed by atoms with Crippen LogP contribution in [0.2, 0.25) is 0 Å². The van der Waals surface area contributed by atoms with Crippen molar-refractivity contribution in [2.24, 2.45) is 0 Å². The average molecular weight is 360 g/mol. The van der Waals surface area contributed by atoms with Crippen molar-refractivity contribution in [1.82, 2.24) is 0 Å². The number of carbonyl (C=O) groups excluding carboxylic acids is 2. The van der Waals surface area contributed by atoms with Crippen LogP contribution in [0, 0.1) is 10.1 Å². The summed E-state index contributed by atoms with van der Waals surface area (Å²) in [7, 11) is 0. The number of Topliss-reactive ketones (excluding diaryl/α,β-unsaturated/α-hetero) is 1. The van der Waals surface area contributed by atoms with Gasteiger partial charge in [-0.25, -0.2) is 4.79 Å². The second-order valence-corrected chi connectivity index (χ2v) is 6.97. The Labute approximate surface area is 152 Å². The molecule has 1 heterocycles. The number of nitro groups is 1. The topological polar surface area (TPSA) is 89.8 Å². The zero-order valence-corrected chi connectivity index (χ0v) is 14.8. The molecule has 0 aromatic heterocycles. The summed E-state index contributed by atoms with van der Waals surface area (Å²) in [6, 6.07) is 4.46. The van der Waals surface area contributed by atoms with Crippen molar-refractivity contribution in [3.8, 4) is 0 Å². The van der Waals surface area contributed by atoms with E-state index in [9.17, 15) is 19.7 Å². The van der Waals surface area contributed by atoms with E-state index in [1.54, 1.807) is 12.1 Å². The normalized spacial score (nSPS) is 21.2. The molecule has 1 saturated heterocycles. The number of anilines is 1. The molecule has 1 aliphatic carbocycles. The van der Waals surface area contributed by atoms with Crippen molar-refractivity contribution in [3.63, 3.8) is 0 Å². The van der Waals surface area contributed by atoms with Crippen LogP contribution >= 0.6 is 0 Å². The van der Waals surface area contributed by atoms with Crippen molar-refractivity contribution < 1.29 is 19.2 Å². The molecule has 7 nitrogen and oxygen atoms in total. The van der Waals surface area contributed by atoms with Crippen LogP contribution in [0.1, 0.15) is 61.7 Å². The van der Waals surface area contributed by atoms with E-state index in [0.717, 1.165) is 51.6 Å². The fourth-order valence-corrected chi connectivity index (χ4v) is 3.65. The van der Waals surface area contributed by atoms with E-state index in [1.807, 2.05) is 4.90 Å². The van der Waals surface area contributed by atoms with Gasteiger partial charge in [-0.15, -0.1) is 0 Å². The number of carbonyl (C=O) groups is 2. The number of esters is 1. The highest BCUT2D eigenvalue weighted by Gasteiger charge is 2.28. The molecule has 0 amide bonds. The minimum Gasteiger partial charge on any atom is -0.451 e. The van der Waals surface area contributed by atoms with E-state index in [4.69, 9.17) is 4.74 Å². The molecule has 0 bridgehead atoms. The Bertz CT molecular complexity index is 695. The molecule has 3 rings (SSSR count). The first kappa shape index (κ1) is 18.4. The smallest absolute Gasteiger partial charge is 0.339 e. The molecule has 1 aromatic rings. The molecule has 0 N–H and O–H groups in total. The van der Waals surface area contributed by atoms with Crippen LogP contribution in [0.5, 0.6) is 0 Å². The van der Waals surface area contributed by atoms with Crippen LogP contribution in [0.25, 0.3) is 0 Å². The molecule has 1 unspecified atom stereocenters. The average Bonchev–Trinajstić information content (AvgIpc) is 2.92. The van der Waals surface area contributed by atoms with Crippen molar-refractivity contribution in [2.45, 2.75) is 57.5 Å². The predicted octanol–water partition coefficient (Wildman–Crippen LogP) is 3.64. The molecule has 7 heteroatoms. The van der Waals surface area contributed by atoms with E-state index in [2.05, 4.69) is 0 Å². The zero-order valence-electron chi connectivity index (χ0n) is 14.8. The Morgan fingerprint density at radius 1 is 1.12 bits per heavy atom. The first-order valence-corrected chi connectivity index (χ1v) is 9.33. The van der Waals surface area contributed by atoms with Gasteiger partial charge in [0, 0.05) is 25.6 Å². The third-order valence-corrected chi connectivity index (χ3v) is 5.10. The van der Waals surface area contributed by atoms with Crippen LogP contribution in [0.15, 0.2) is 18.2 Å². The maximum atomic E-state index is 12.4. The maximum absolute atomic E-state index is 12.4. The van der Waals surface area contributed by atoms with Crippen LogP contribution in [0.3, 0.4) is 0 Å². The summed E-state index contributed by atoms with van der Waals surface area (Å²) in [5.74, 6) is -0.740. The van der Waals surface area contributed by atoms with Gasteiger partial charge in [0.15, 0.2) is 11.9 Å². The SMILES string of the molecule is O=C(OC1CCCCC1=O)c1ccc(N2CCCCCC2)c([N+](=O)[O-])c1. The first-order chi connectivity index (χ1) is 12.6. The van der Waals surface area contributed by atoms with E-state index in [0.29, 0.717) is 18.5 Å². The largest absolute Gasteiger partial charge is 0.451 e. The van der Waals surface area contributed by atoms with Gasteiger partial charge >= 0.3 is 5.97 Å². The maximum Gasteiger partial charge on any atom is 0.339 e. The van der Waals surface area contributed by atoms with E-state index in [-0.39, 0.29) is 17.0 Å². The van der Waals surface area contributed by atoms with Crippen molar-refractivity contribution in [3.05, 3.63) is 33.9 Å². The monoisotopic (exact) mass is 360 g/mol. The first-order valence-electron chi connectivity index (χ1n) is 9.33. The molecule has 0 radical (unpaired) electrons. The highest BCUT2D eigenvalue weighted by atomic mass is 16.6. The van der Waals surface area contributed by atoms with E-state index in [1.165, 1.54) is 6.07 Å². The second-order valence-electron chi connectivity index (χ2n) is 6.97. The van der Waals surface area contributed by atoms with Gasteiger partial charge in [-0.2, -0.15) is 0 Å². The lowest BCUT2D eigenvalue weighted by Gasteiger charge is -2.23. The number of hydrogen-bond donors (Lipinski definition) is 0. The number of nitro benzene ring substituents is 1. The Morgan fingerprint density at radius 2 is 1.85 bits per heavy atom. The minimum atomic E-state index is -0.722. The summed E-state index contributed by atoms with van der Waals surface area (Å²) < 4.78 is 5.31. The van der Waals surface area contributed by atoms with Gasteiger partial charge in [0.2, 0.25) is 0 Å². The number of benzene rings is 1. The number of hydrogen-bond acceptors (Lipinski definition) is 6. The van der Waals surface area contributed by atoms with Crippen LogP contribution in [0.4, 0.5) is 11.4 Å². The summed E-state index contributed by atoms with van der Waals surface area (Å²) in [4.78, 5) is 37.3. The predicted molar refractivity (Wildman–Crippen MR) is 96.5 cm³/mol. The zero-order chi connectivity index (χ0) is 18.5. The molecular weight excluding hydrogens is 336 g/mol. The molecule has 140 valence electrons. The van der Waals surface area contributed by atoms with Gasteiger partial charge < -0.3 is 9.64 Å². The molecule has 1 atom stereocenters. The third-order valence-electron chi connectivity index (χ3n) is 5.10. The molecule has 1 aromatic carbocycles. The van der Waals surface area contributed by atoms with Gasteiger partial charge in [0.1, 0.15) is 5.69 Å². The second kappa shape index (κ2) is 8.29. The number of rotatable bonds is 4. The van der Waals surface area contributed by atoms with Gasteiger partial charge in [-0.3, -0.25) is 14.9 Å². The van der Waals surface area contributed by atoms with E-state index < -0.39 is 17.0 Å². The minimum absolute atomic E-state index is 0.0692. The van der Waals surface area contributed by atoms with Crippen LogP contribution in [-0.4, -0.2) is 35.9 Å². The molecule has 1 aliphatic heterocycles. The Hall–Kier alpha value is -2.44. The highest BCUT2D eigenvalue weighted by Crippen LogP contribution is 2.31. The highest BCUT2D eigenvalue weighted by molar-refractivity contribution is 5.94. The third kappa shape index (κ3) is 4.20. The number of nitrogens with zero attached hydrogens (tertiary/aromatic N) is 2. The van der Waals surface area contributed by atoms with Crippen LogP contribution in [-0.2, 0) is 9.53 Å². The van der Waals surface area contributed by atoms with E-state index >= 15 is 0 Å². The summed E-state index contributed by atoms with van der Waals surface area (Å²) in [5, 5.41) is 11.5. The van der Waals surface area contributed by atoms with Crippen molar-refractivity contribution in [2.75, 3.05) is 18.0 Å². The molecule has 0 spiro atoms. The summed E-state index contributed by atoms with van der Waals surface area (Å²) in [6.07, 6.45) is 6.16. The summed E-state index contributed by atoms with van der Waals surface area (Å²) >= 11 is 0. The fourth-order valence-electron chi connectivity index (χ4n) is 3.65.